The Morgan fingerprint density at radius 1 is 0.571 bits per heavy atom. The van der Waals surface area contributed by atoms with Crippen molar-refractivity contribution >= 4 is 92.5 Å². The Morgan fingerprint density at radius 2 is 1.01 bits per heavy atom. The van der Waals surface area contributed by atoms with Gasteiger partial charge in [-0.3, -0.25) is 43.2 Å². The molecule has 4 fully saturated rings. The summed E-state index contributed by atoms with van der Waals surface area (Å²) in [5.74, 6) is -2.28. The Labute approximate surface area is 705 Å². The average molecular weight is 1660 g/mol. The SMILES string of the molecule is Cc1ncsc1-c1ccc(CCC(=O)[C@@H]2C[C@@H](O)CN2C(=O)C2(N3Cc4ccccc4C3=O)CCCC2)cc1.Cc1ncsc1-c1ccc(CCC(=O)[C@@H]2C[C@@H](O)CN2C(=O)[C@@H](NC(=O)c2ccc(C#N)cc2)C(C)(C)C)cc1.[C-]#[N+]c1cccc2c1C(=O)N([C@H](C(=O)N1C[C@H](O)C[C@H]1C(=O)CCc1ccc(-c3scnc3C)cc1)C(C)C)C2. The molecular formula is C93H99N11O12S3. The number of benzene rings is 6. The van der Waals surface area contributed by atoms with Gasteiger partial charge in [-0.15, -0.1) is 34.0 Å². The van der Waals surface area contributed by atoms with Crippen LogP contribution in [0.4, 0.5) is 5.69 Å². The smallest absolute Gasteiger partial charge is 0.255 e. The number of hydrogen-bond donors (Lipinski definition) is 4. The number of amides is 6. The second-order valence-electron chi connectivity index (χ2n) is 33.2. The van der Waals surface area contributed by atoms with E-state index in [4.69, 9.17) is 11.8 Å². The van der Waals surface area contributed by atoms with Crippen molar-refractivity contribution in [2.24, 2.45) is 11.3 Å². The minimum Gasteiger partial charge on any atom is -0.391 e. The average Bonchev–Trinajstić information content (AvgIpc) is 1.59. The number of ketones is 3. The van der Waals surface area contributed by atoms with E-state index in [1.807, 2.05) is 163 Å². The van der Waals surface area contributed by atoms with Crippen LogP contribution in [-0.4, -0.2) is 181 Å². The number of hydrogen-bond acceptors (Lipinski definition) is 19. The Hall–Kier alpha value is -11.1. The number of nitrogens with one attached hydrogen (secondary N) is 1. The van der Waals surface area contributed by atoms with Gasteiger partial charge >= 0.3 is 0 Å². The van der Waals surface area contributed by atoms with Gasteiger partial charge in [0.15, 0.2) is 23.0 Å². The first kappa shape index (κ1) is 85.8. The second kappa shape index (κ2) is 37.0. The fourth-order valence-corrected chi connectivity index (χ4v) is 19.8. The monoisotopic (exact) mass is 1660 g/mol. The van der Waals surface area contributed by atoms with Crippen LogP contribution in [0.1, 0.15) is 180 Å². The zero-order valence-corrected chi connectivity index (χ0v) is 70.6. The van der Waals surface area contributed by atoms with Crippen molar-refractivity contribution in [1.82, 2.24) is 44.8 Å². The van der Waals surface area contributed by atoms with Gasteiger partial charge in [0.2, 0.25) is 23.6 Å². The molecule has 0 radical (unpaired) electrons. The van der Waals surface area contributed by atoms with Crippen LogP contribution in [0.3, 0.4) is 0 Å². The van der Waals surface area contributed by atoms with Gasteiger partial charge in [-0.1, -0.05) is 157 Å². The van der Waals surface area contributed by atoms with Gasteiger partial charge in [-0.05, 0) is 139 Å². The third-order valence-electron chi connectivity index (χ3n) is 23.8. The summed E-state index contributed by atoms with van der Waals surface area (Å²) in [6.45, 7) is 23.5. The number of rotatable bonds is 23. The largest absolute Gasteiger partial charge is 0.391 e. The number of fused-ring (bicyclic) bond motifs is 2. The van der Waals surface area contributed by atoms with E-state index in [0.717, 1.165) is 89.1 Å². The van der Waals surface area contributed by atoms with Crippen LogP contribution in [-0.2, 0) is 61.1 Å². The highest BCUT2D eigenvalue weighted by atomic mass is 32.1. The molecule has 8 heterocycles. The number of Topliss-reactive ketones (excluding diaryl/α,β-unsaturated/α-hetero) is 3. The van der Waals surface area contributed by atoms with Crippen LogP contribution in [0.5, 0.6) is 0 Å². The van der Waals surface area contributed by atoms with Crippen LogP contribution in [0.25, 0.3) is 36.2 Å². The van der Waals surface area contributed by atoms with E-state index in [1.165, 1.54) is 26.8 Å². The molecule has 0 spiro atoms. The van der Waals surface area contributed by atoms with E-state index in [1.54, 1.807) is 74.1 Å². The van der Waals surface area contributed by atoms with Crippen LogP contribution >= 0.6 is 34.0 Å². The van der Waals surface area contributed by atoms with Crippen molar-refractivity contribution in [3.8, 4) is 37.4 Å². The molecule has 15 rings (SSSR count). The lowest BCUT2D eigenvalue weighted by atomic mass is 9.85. The normalized spacial score (nSPS) is 19.6. The molecule has 23 nitrogen and oxygen atoms in total. The maximum absolute atomic E-state index is 14.2. The lowest BCUT2D eigenvalue weighted by Crippen LogP contribution is -2.60. The van der Waals surface area contributed by atoms with Gasteiger partial charge in [0.25, 0.3) is 11.8 Å². The predicted octanol–water partition coefficient (Wildman–Crippen LogP) is 13.7. The second-order valence-corrected chi connectivity index (χ2v) is 35.8. The molecule has 0 unspecified atom stereocenters. The molecule has 8 atom stereocenters. The molecule has 9 aromatic rings. The van der Waals surface area contributed by atoms with E-state index >= 15 is 0 Å². The molecule has 6 amide bonds. The molecule has 3 aromatic heterocycles. The highest BCUT2D eigenvalue weighted by molar-refractivity contribution is 7.14. The number of likely N-dealkylation sites (tertiary alicyclic amines) is 3. The van der Waals surface area contributed by atoms with Crippen LogP contribution < -0.4 is 5.32 Å². The van der Waals surface area contributed by atoms with E-state index in [-0.39, 0.29) is 111 Å². The molecule has 6 aromatic carbocycles. The van der Waals surface area contributed by atoms with Gasteiger partial charge in [0, 0.05) is 82.4 Å². The number of β-amino-alcohol motifs (C(OH)–C–C–N with tert-alkyl or cyclic N) is 3. The Bertz CT molecular complexity index is 5360. The third kappa shape index (κ3) is 18.8. The predicted molar refractivity (Wildman–Crippen MR) is 456 cm³/mol. The zero-order valence-electron chi connectivity index (χ0n) is 68.1. The number of aromatic nitrogens is 3. The fourth-order valence-electron chi connectivity index (χ4n) is 17.4. The van der Waals surface area contributed by atoms with Crippen LogP contribution in [0, 0.1) is 50.0 Å². The first-order valence-electron chi connectivity index (χ1n) is 40.6. The number of aliphatic hydroxyl groups excluding tert-OH is 3. The van der Waals surface area contributed by atoms with Crippen molar-refractivity contribution in [3.05, 3.63) is 235 Å². The number of nitriles is 1. The number of nitrogens with zero attached hydrogens (tertiary/aromatic N) is 10. The molecular weight excluding hydrogens is 1560 g/mol. The van der Waals surface area contributed by atoms with Crippen molar-refractivity contribution in [3.63, 3.8) is 0 Å². The summed E-state index contributed by atoms with van der Waals surface area (Å²) in [7, 11) is 0. The molecule has 6 aliphatic rings. The van der Waals surface area contributed by atoms with Crippen molar-refractivity contribution < 1.29 is 58.5 Å². The summed E-state index contributed by atoms with van der Waals surface area (Å²) in [4.78, 5) is 149. The number of aryl methyl sites for hydroxylation is 6. The maximum Gasteiger partial charge on any atom is 0.255 e. The Kier molecular flexibility index (Phi) is 26.7. The minimum absolute atomic E-state index is 0.0357. The third-order valence-corrected chi connectivity index (χ3v) is 26.7. The van der Waals surface area contributed by atoms with E-state index in [0.29, 0.717) is 67.3 Å². The van der Waals surface area contributed by atoms with Crippen LogP contribution in [0.2, 0.25) is 0 Å². The number of carbonyl (C=O) groups is 9. The topological polar surface area (TPSA) is 309 Å². The zero-order chi connectivity index (χ0) is 84.7. The van der Waals surface area contributed by atoms with Gasteiger partial charge in [-0.25, -0.2) is 19.8 Å². The lowest BCUT2D eigenvalue weighted by Gasteiger charge is -2.41. The molecule has 1 saturated carbocycles. The highest BCUT2D eigenvalue weighted by Crippen LogP contribution is 2.44. The first-order valence-corrected chi connectivity index (χ1v) is 43.2. The van der Waals surface area contributed by atoms with E-state index < -0.39 is 71.3 Å². The number of aliphatic hydroxyl groups is 3. The van der Waals surface area contributed by atoms with E-state index in [9.17, 15) is 58.5 Å². The molecule has 3 saturated heterocycles. The van der Waals surface area contributed by atoms with Crippen molar-refractivity contribution in [2.75, 3.05) is 19.6 Å². The molecule has 1 aliphatic carbocycles. The van der Waals surface area contributed by atoms with Gasteiger partial charge in [-0.2, -0.15) is 5.26 Å². The first-order chi connectivity index (χ1) is 57.0. The number of thiazole rings is 3. The molecule has 616 valence electrons. The quantitative estimate of drug-likeness (QED) is 0.0433. The Morgan fingerprint density at radius 3 is 1.43 bits per heavy atom. The van der Waals surface area contributed by atoms with Crippen molar-refractivity contribution in [1.29, 1.82) is 5.26 Å². The van der Waals surface area contributed by atoms with Gasteiger partial charge in [0.05, 0.1) is 108 Å². The standard InChI is InChI=1S/C31H32N4O4S.C31H34N4O4S.C31H33N3O4S/c1-18(2)28(35-15-22-6-5-7-24(32-4)27(22)30(35)38)31(39)34-16-23(36)14-25(34)26(37)13-10-20-8-11-21(12-9-20)29-19(3)33-17-40-29;1-19-27(40-18-33-19)22-10-5-20(6-11-22)9-14-26(37)25-15-24(36)17-35(25)30(39)28(31(2,3)4)34-29(38)23-12-7-21(16-32)8-13-23;1-20-28(39-19-32-20)22-11-8-21(9-12-22)10-13-27(36)26-16-24(35)18-33(26)30(38)31(14-4-5-15-31)34-17-23-6-2-3-7-25(23)29(34)37/h5-9,11-12,17-18,23,25,28,36H,10,13-16H2,1-3H3;5-8,10-13,18,24-25,28,36H,9,14-15,17H2,1-4H3,(H,34,38);2-3,6-9,11-12,19,24,26,35H,4-5,10,13-18H2,1H3/t23-,25+,28+;24-,25+,28-;24-,26+/m111/s1. The molecule has 5 aliphatic heterocycles. The molecule has 119 heavy (non-hydrogen) atoms. The Balaban J connectivity index is 0.000000155. The molecule has 0 bridgehead atoms. The van der Waals surface area contributed by atoms with Gasteiger partial charge < -0.3 is 45.1 Å². The minimum atomic E-state index is -0.955. The van der Waals surface area contributed by atoms with Gasteiger partial charge in [0.1, 0.15) is 17.6 Å². The maximum atomic E-state index is 14.2. The van der Waals surface area contributed by atoms with Crippen molar-refractivity contribution in [2.45, 2.75) is 206 Å². The molecule has 26 heteroatoms. The summed E-state index contributed by atoms with van der Waals surface area (Å²) < 4.78 is 0. The fraction of sp³-hybridized carbons (Fsp3) is 0.398. The molecule has 4 N–H and O–H groups in total. The lowest BCUT2D eigenvalue weighted by molar-refractivity contribution is -0.147. The summed E-state index contributed by atoms with van der Waals surface area (Å²) in [5, 5.41) is 43.3. The summed E-state index contributed by atoms with van der Waals surface area (Å²) in [6.07, 6.45) is 3.55. The summed E-state index contributed by atoms with van der Waals surface area (Å²) in [5.41, 5.74) is 16.9. The highest BCUT2D eigenvalue weighted by Gasteiger charge is 2.56. The number of carbonyl (C=O) groups excluding carboxylic acids is 9. The van der Waals surface area contributed by atoms with Crippen LogP contribution in [0.15, 0.2) is 156 Å². The van der Waals surface area contributed by atoms with E-state index in [2.05, 4.69) is 37.2 Å². The summed E-state index contributed by atoms with van der Waals surface area (Å²) in [6, 6.07) is 41.3. The summed E-state index contributed by atoms with van der Waals surface area (Å²) >= 11 is 4.80.